The number of rotatable bonds is 1. The van der Waals surface area contributed by atoms with Crippen LogP contribution in [0.15, 0.2) is 23.3 Å². The summed E-state index contributed by atoms with van der Waals surface area (Å²) in [6.45, 7) is 10.4. The smallest absolute Gasteiger partial charge is 0.101 e. The number of allylic oxidation sites excluding steroid dienone is 2. The highest BCUT2D eigenvalue weighted by atomic mass is 16.3. The number of hydrogen-bond donors (Lipinski definition) is 2. The lowest BCUT2D eigenvalue weighted by Crippen LogP contribution is -2.43. The maximum atomic E-state index is 9.99. The zero-order chi connectivity index (χ0) is 12.8. The SMILES string of the molecule is C=C(C)[C@@H]1CC[C@@]2(C)C[C@@H](O)[C@H](O)C(C)=C2C1. The summed E-state index contributed by atoms with van der Waals surface area (Å²) in [5, 5.41) is 19.9. The van der Waals surface area contributed by atoms with Crippen LogP contribution in [-0.4, -0.2) is 22.4 Å². The molecule has 0 aromatic heterocycles. The number of fused-ring (bicyclic) bond motifs is 1. The van der Waals surface area contributed by atoms with Gasteiger partial charge in [-0.2, -0.15) is 0 Å². The average molecular weight is 236 g/mol. The minimum Gasteiger partial charge on any atom is -0.390 e. The van der Waals surface area contributed by atoms with Gasteiger partial charge in [0, 0.05) is 0 Å². The van der Waals surface area contributed by atoms with Crippen molar-refractivity contribution in [3.63, 3.8) is 0 Å². The van der Waals surface area contributed by atoms with Crippen molar-refractivity contribution >= 4 is 0 Å². The molecule has 0 aliphatic heterocycles. The molecular formula is C15H24O2. The summed E-state index contributed by atoms with van der Waals surface area (Å²) in [5.74, 6) is 0.551. The van der Waals surface area contributed by atoms with Crippen molar-refractivity contribution in [3.05, 3.63) is 23.3 Å². The molecule has 2 nitrogen and oxygen atoms in total. The molecule has 0 heterocycles. The van der Waals surface area contributed by atoms with E-state index in [4.69, 9.17) is 0 Å². The van der Waals surface area contributed by atoms with Crippen LogP contribution in [0.4, 0.5) is 0 Å². The zero-order valence-electron chi connectivity index (χ0n) is 11.2. The highest BCUT2D eigenvalue weighted by Gasteiger charge is 2.43. The standard InChI is InChI=1S/C15H24O2/c1-9(2)11-5-6-15(4)8-13(16)14(17)10(3)12(15)7-11/h11,13-14,16-17H,1,5-8H2,2-4H3/t11-,13-,14-,15+/m1/s1. The number of aliphatic hydroxyl groups excluding tert-OH is 2. The fraction of sp³-hybridized carbons (Fsp3) is 0.733. The molecule has 0 bridgehead atoms. The second kappa shape index (κ2) is 4.25. The first-order valence-electron chi connectivity index (χ1n) is 6.57. The van der Waals surface area contributed by atoms with E-state index in [0.29, 0.717) is 12.3 Å². The van der Waals surface area contributed by atoms with Crippen LogP contribution in [0.5, 0.6) is 0 Å². The summed E-state index contributed by atoms with van der Waals surface area (Å²) in [4.78, 5) is 0. The molecule has 2 aliphatic carbocycles. The number of hydrogen-bond acceptors (Lipinski definition) is 2. The Bertz CT molecular complexity index is 369. The van der Waals surface area contributed by atoms with Gasteiger partial charge < -0.3 is 10.2 Å². The Balaban J connectivity index is 2.34. The third kappa shape index (κ3) is 2.09. The van der Waals surface area contributed by atoms with E-state index >= 15 is 0 Å². The third-order valence-electron chi connectivity index (χ3n) is 4.86. The lowest BCUT2D eigenvalue weighted by molar-refractivity contribution is -0.00592. The second-order valence-corrected chi connectivity index (χ2v) is 6.22. The molecular weight excluding hydrogens is 212 g/mol. The van der Waals surface area contributed by atoms with Crippen LogP contribution in [0.1, 0.15) is 46.5 Å². The van der Waals surface area contributed by atoms with E-state index in [1.165, 1.54) is 11.1 Å². The van der Waals surface area contributed by atoms with Gasteiger partial charge in [0.05, 0.1) is 6.10 Å². The summed E-state index contributed by atoms with van der Waals surface area (Å²) < 4.78 is 0. The Morgan fingerprint density at radius 2 is 2.06 bits per heavy atom. The molecule has 0 aromatic carbocycles. The summed E-state index contributed by atoms with van der Waals surface area (Å²) in [5.41, 5.74) is 3.70. The topological polar surface area (TPSA) is 40.5 Å². The van der Waals surface area contributed by atoms with Crippen molar-refractivity contribution in [2.75, 3.05) is 0 Å². The molecule has 0 saturated heterocycles. The molecule has 0 radical (unpaired) electrons. The quantitative estimate of drug-likeness (QED) is 0.687. The van der Waals surface area contributed by atoms with Gasteiger partial charge in [0.2, 0.25) is 0 Å². The van der Waals surface area contributed by atoms with E-state index < -0.39 is 12.2 Å². The molecule has 1 saturated carbocycles. The van der Waals surface area contributed by atoms with Crippen molar-refractivity contribution in [2.45, 2.75) is 58.7 Å². The molecule has 2 N–H and O–H groups in total. The lowest BCUT2D eigenvalue weighted by Gasteiger charge is -2.47. The Morgan fingerprint density at radius 1 is 1.41 bits per heavy atom. The normalized spacial score (nSPS) is 42.3. The molecule has 4 atom stereocenters. The predicted octanol–water partition coefficient (Wildman–Crippen LogP) is 2.81. The van der Waals surface area contributed by atoms with Crippen molar-refractivity contribution in [2.24, 2.45) is 11.3 Å². The van der Waals surface area contributed by atoms with Crippen LogP contribution in [0.3, 0.4) is 0 Å². The van der Waals surface area contributed by atoms with Gasteiger partial charge in [0.15, 0.2) is 0 Å². The first kappa shape index (κ1) is 12.8. The van der Waals surface area contributed by atoms with Crippen LogP contribution < -0.4 is 0 Å². The third-order valence-corrected chi connectivity index (χ3v) is 4.86. The van der Waals surface area contributed by atoms with E-state index in [0.717, 1.165) is 24.8 Å². The minimum atomic E-state index is -0.665. The largest absolute Gasteiger partial charge is 0.390 e. The highest BCUT2D eigenvalue weighted by Crippen LogP contribution is 2.52. The molecule has 0 unspecified atom stereocenters. The monoisotopic (exact) mass is 236 g/mol. The number of aliphatic hydroxyl groups is 2. The van der Waals surface area contributed by atoms with Gasteiger partial charge in [-0.15, -0.1) is 0 Å². The Kier molecular flexibility index (Phi) is 3.21. The summed E-state index contributed by atoms with van der Waals surface area (Å²) in [6, 6.07) is 0. The molecule has 17 heavy (non-hydrogen) atoms. The van der Waals surface area contributed by atoms with Crippen LogP contribution >= 0.6 is 0 Å². The lowest BCUT2D eigenvalue weighted by atomic mass is 9.60. The van der Waals surface area contributed by atoms with E-state index in [-0.39, 0.29) is 5.41 Å². The van der Waals surface area contributed by atoms with Gasteiger partial charge in [-0.05, 0) is 56.4 Å². The Morgan fingerprint density at radius 3 is 2.65 bits per heavy atom. The van der Waals surface area contributed by atoms with Crippen molar-refractivity contribution in [3.8, 4) is 0 Å². The first-order valence-corrected chi connectivity index (χ1v) is 6.57. The zero-order valence-corrected chi connectivity index (χ0v) is 11.2. The molecule has 0 amide bonds. The van der Waals surface area contributed by atoms with E-state index in [1.807, 2.05) is 6.92 Å². The van der Waals surface area contributed by atoms with Gasteiger partial charge in [-0.1, -0.05) is 24.6 Å². The molecule has 2 aliphatic rings. The molecule has 0 spiro atoms. The van der Waals surface area contributed by atoms with Crippen molar-refractivity contribution < 1.29 is 10.2 Å². The van der Waals surface area contributed by atoms with Gasteiger partial charge in [-0.3, -0.25) is 0 Å². The van der Waals surface area contributed by atoms with Crippen molar-refractivity contribution in [1.82, 2.24) is 0 Å². The molecule has 2 rings (SSSR count). The Hall–Kier alpha value is -0.600. The maximum absolute atomic E-state index is 9.99. The molecule has 96 valence electrons. The predicted molar refractivity (Wildman–Crippen MR) is 69.6 cm³/mol. The van der Waals surface area contributed by atoms with Crippen LogP contribution in [-0.2, 0) is 0 Å². The molecule has 0 aromatic rings. The second-order valence-electron chi connectivity index (χ2n) is 6.22. The van der Waals surface area contributed by atoms with Crippen LogP contribution in [0, 0.1) is 11.3 Å². The Labute approximate surface area is 104 Å². The van der Waals surface area contributed by atoms with Gasteiger partial charge in [-0.25, -0.2) is 0 Å². The maximum Gasteiger partial charge on any atom is 0.101 e. The van der Waals surface area contributed by atoms with E-state index in [9.17, 15) is 10.2 Å². The molecule has 1 fully saturated rings. The van der Waals surface area contributed by atoms with E-state index in [1.54, 1.807) is 0 Å². The van der Waals surface area contributed by atoms with Crippen LogP contribution in [0.2, 0.25) is 0 Å². The van der Waals surface area contributed by atoms with E-state index in [2.05, 4.69) is 20.4 Å². The van der Waals surface area contributed by atoms with Crippen molar-refractivity contribution in [1.29, 1.82) is 0 Å². The highest BCUT2D eigenvalue weighted by molar-refractivity contribution is 5.31. The summed E-state index contributed by atoms with van der Waals surface area (Å²) in [6.07, 6.45) is 2.71. The summed E-state index contributed by atoms with van der Waals surface area (Å²) in [7, 11) is 0. The van der Waals surface area contributed by atoms with Gasteiger partial charge in [0.25, 0.3) is 0 Å². The summed E-state index contributed by atoms with van der Waals surface area (Å²) >= 11 is 0. The van der Waals surface area contributed by atoms with Gasteiger partial charge >= 0.3 is 0 Å². The molecule has 2 heteroatoms. The minimum absolute atomic E-state index is 0.0919. The fourth-order valence-corrected chi connectivity index (χ4v) is 3.56. The first-order chi connectivity index (χ1) is 7.85. The van der Waals surface area contributed by atoms with Crippen LogP contribution in [0.25, 0.3) is 0 Å². The fourth-order valence-electron chi connectivity index (χ4n) is 3.56. The average Bonchev–Trinajstić information content (AvgIpc) is 2.25. The van der Waals surface area contributed by atoms with Gasteiger partial charge in [0.1, 0.15) is 6.10 Å².